The summed E-state index contributed by atoms with van der Waals surface area (Å²) in [4.78, 5) is 29.4. The van der Waals surface area contributed by atoms with Gasteiger partial charge in [-0.05, 0) is 73.6 Å². The fraction of sp³-hybridized carbons (Fsp3) is 0.394. The molecular weight excluding hydrogens is 586 g/mol. The molecule has 0 saturated heterocycles. The van der Waals surface area contributed by atoms with E-state index in [2.05, 4.69) is 10.0 Å². The third-order valence-corrected chi connectivity index (χ3v) is 9.05. The number of rotatable bonds is 17. The predicted molar refractivity (Wildman–Crippen MR) is 168 cm³/mol. The van der Waals surface area contributed by atoms with Crippen molar-refractivity contribution >= 4 is 33.4 Å². The Hall–Kier alpha value is -3.24. The van der Waals surface area contributed by atoms with Crippen LogP contribution in [0.2, 0.25) is 5.02 Å². The number of sulfonamides is 1. The predicted octanol–water partition coefficient (Wildman–Crippen LogP) is 4.90. The van der Waals surface area contributed by atoms with Crippen molar-refractivity contribution < 1.29 is 22.7 Å². The first-order valence-corrected chi connectivity index (χ1v) is 16.7. The third kappa shape index (κ3) is 10.5. The standard InChI is InChI=1S/C33H40ClN3O5S/c1-2-42-22-6-21-35-33(39)31(23-26-7-4-3-5-8-26)37(24-27-9-14-28(34)15-10-27)32(38)20-13-25-11-18-30(19-12-25)43(40,41)36-29-16-17-29/h3-5,7-12,14-15,18-19,29,31,36H,2,6,13,16-17,20-24H2,1H3,(H,35,39)/t31-/m0/s1. The Morgan fingerprint density at radius 3 is 2.28 bits per heavy atom. The number of benzene rings is 3. The van der Waals surface area contributed by atoms with Crippen LogP contribution in [-0.4, -0.2) is 57.0 Å². The maximum atomic E-state index is 13.9. The van der Waals surface area contributed by atoms with Crippen LogP contribution in [0.15, 0.2) is 83.8 Å². The number of hydrogen-bond acceptors (Lipinski definition) is 5. The largest absolute Gasteiger partial charge is 0.382 e. The minimum Gasteiger partial charge on any atom is -0.382 e. The molecule has 1 atom stereocenters. The lowest BCUT2D eigenvalue weighted by molar-refractivity contribution is -0.141. The number of aryl methyl sites for hydroxylation is 1. The lowest BCUT2D eigenvalue weighted by atomic mass is 10.0. The third-order valence-electron chi connectivity index (χ3n) is 7.27. The molecule has 0 bridgehead atoms. The van der Waals surface area contributed by atoms with Crippen LogP contribution >= 0.6 is 11.6 Å². The molecule has 8 nitrogen and oxygen atoms in total. The summed E-state index contributed by atoms with van der Waals surface area (Å²) in [7, 11) is -3.55. The van der Waals surface area contributed by atoms with E-state index >= 15 is 0 Å². The summed E-state index contributed by atoms with van der Waals surface area (Å²) in [5.74, 6) is -0.396. The van der Waals surface area contributed by atoms with Crippen molar-refractivity contribution in [1.29, 1.82) is 0 Å². The van der Waals surface area contributed by atoms with Crippen molar-refractivity contribution in [2.45, 2.75) is 69.0 Å². The normalized spacial score (nSPS) is 13.8. The van der Waals surface area contributed by atoms with Gasteiger partial charge >= 0.3 is 0 Å². The van der Waals surface area contributed by atoms with E-state index in [9.17, 15) is 18.0 Å². The second-order valence-electron chi connectivity index (χ2n) is 10.7. The number of halogens is 1. The molecule has 2 amide bonds. The lowest BCUT2D eigenvalue weighted by Crippen LogP contribution is -2.50. The average molecular weight is 626 g/mol. The topological polar surface area (TPSA) is 105 Å². The van der Waals surface area contributed by atoms with E-state index in [1.54, 1.807) is 41.3 Å². The van der Waals surface area contributed by atoms with Crippen LogP contribution < -0.4 is 10.0 Å². The number of amides is 2. The Labute approximate surface area is 259 Å². The summed E-state index contributed by atoms with van der Waals surface area (Å²) in [6, 6.07) is 22.8. The first-order chi connectivity index (χ1) is 20.7. The highest BCUT2D eigenvalue weighted by molar-refractivity contribution is 7.89. The molecule has 43 heavy (non-hydrogen) atoms. The molecule has 0 aromatic heterocycles. The number of ether oxygens (including phenoxy) is 1. The minimum absolute atomic E-state index is 0.0274. The van der Waals surface area contributed by atoms with Crippen LogP contribution in [-0.2, 0) is 43.7 Å². The van der Waals surface area contributed by atoms with Gasteiger partial charge in [0.2, 0.25) is 21.8 Å². The molecule has 0 aliphatic heterocycles. The molecule has 0 unspecified atom stereocenters. The average Bonchev–Trinajstić information content (AvgIpc) is 3.82. The summed E-state index contributed by atoms with van der Waals surface area (Å²) < 4.78 is 33.2. The molecule has 0 radical (unpaired) electrons. The highest BCUT2D eigenvalue weighted by Crippen LogP contribution is 2.23. The van der Waals surface area contributed by atoms with E-state index in [0.717, 1.165) is 29.5 Å². The summed E-state index contributed by atoms with van der Waals surface area (Å²) in [5.41, 5.74) is 2.64. The quantitative estimate of drug-likeness (QED) is 0.208. The molecule has 3 aromatic carbocycles. The van der Waals surface area contributed by atoms with Crippen molar-refractivity contribution in [2.75, 3.05) is 19.8 Å². The summed E-state index contributed by atoms with van der Waals surface area (Å²) >= 11 is 6.11. The summed E-state index contributed by atoms with van der Waals surface area (Å²) in [6.07, 6.45) is 3.32. The monoisotopic (exact) mass is 625 g/mol. The molecule has 3 aromatic rings. The van der Waals surface area contributed by atoms with Crippen molar-refractivity contribution in [3.8, 4) is 0 Å². The lowest BCUT2D eigenvalue weighted by Gasteiger charge is -2.32. The fourth-order valence-corrected chi connectivity index (χ4v) is 6.14. The highest BCUT2D eigenvalue weighted by Gasteiger charge is 2.30. The highest BCUT2D eigenvalue weighted by atomic mass is 35.5. The maximum Gasteiger partial charge on any atom is 0.243 e. The van der Waals surface area contributed by atoms with Crippen molar-refractivity contribution in [1.82, 2.24) is 14.9 Å². The molecule has 2 N–H and O–H groups in total. The van der Waals surface area contributed by atoms with Gasteiger partial charge in [-0.25, -0.2) is 13.1 Å². The summed E-state index contributed by atoms with van der Waals surface area (Å²) in [5, 5.41) is 3.60. The van der Waals surface area contributed by atoms with Gasteiger partial charge in [0.05, 0.1) is 4.90 Å². The number of carbonyl (C=O) groups is 2. The van der Waals surface area contributed by atoms with Gasteiger partial charge in [0.15, 0.2) is 0 Å². The Morgan fingerprint density at radius 1 is 0.953 bits per heavy atom. The van der Waals surface area contributed by atoms with Crippen LogP contribution in [0.25, 0.3) is 0 Å². The van der Waals surface area contributed by atoms with Crippen molar-refractivity contribution in [3.05, 3.63) is 101 Å². The molecule has 0 spiro atoms. The van der Waals surface area contributed by atoms with E-state index in [1.165, 1.54) is 0 Å². The number of hydrogen-bond donors (Lipinski definition) is 2. The van der Waals surface area contributed by atoms with E-state index in [1.807, 2.05) is 49.4 Å². The zero-order valence-corrected chi connectivity index (χ0v) is 26.1. The van der Waals surface area contributed by atoms with Gasteiger partial charge in [-0.1, -0.05) is 66.2 Å². The van der Waals surface area contributed by atoms with Crippen LogP contribution in [0.3, 0.4) is 0 Å². The second kappa shape index (κ2) is 16.0. The van der Waals surface area contributed by atoms with Crippen LogP contribution in [0.5, 0.6) is 0 Å². The SMILES string of the molecule is CCOCCCNC(=O)[C@H](Cc1ccccc1)N(Cc1ccc(Cl)cc1)C(=O)CCc1ccc(S(=O)(=O)NC2CC2)cc1. The molecular formula is C33H40ClN3O5S. The van der Waals surface area contributed by atoms with E-state index < -0.39 is 16.1 Å². The molecule has 1 saturated carbocycles. The first-order valence-electron chi connectivity index (χ1n) is 14.8. The van der Waals surface area contributed by atoms with Gasteiger partial charge in [-0.15, -0.1) is 0 Å². The summed E-state index contributed by atoms with van der Waals surface area (Å²) in [6.45, 7) is 3.77. The molecule has 1 aliphatic carbocycles. The second-order valence-corrected chi connectivity index (χ2v) is 12.9. The molecule has 1 aliphatic rings. The van der Waals surface area contributed by atoms with E-state index in [0.29, 0.717) is 44.0 Å². The Balaban J connectivity index is 1.51. The van der Waals surface area contributed by atoms with Gasteiger partial charge in [0, 0.05) is 50.2 Å². The number of nitrogens with zero attached hydrogens (tertiary/aromatic N) is 1. The Morgan fingerprint density at radius 2 is 1.63 bits per heavy atom. The number of carbonyl (C=O) groups excluding carboxylic acids is 2. The van der Waals surface area contributed by atoms with E-state index in [4.69, 9.17) is 16.3 Å². The van der Waals surface area contributed by atoms with Crippen molar-refractivity contribution in [3.63, 3.8) is 0 Å². The van der Waals surface area contributed by atoms with Gasteiger partial charge in [0.1, 0.15) is 6.04 Å². The Bertz CT molecular complexity index is 1430. The molecule has 230 valence electrons. The molecule has 4 rings (SSSR count). The zero-order valence-electron chi connectivity index (χ0n) is 24.5. The smallest absolute Gasteiger partial charge is 0.243 e. The van der Waals surface area contributed by atoms with Crippen molar-refractivity contribution in [2.24, 2.45) is 0 Å². The van der Waals surface area contributed by atoms with Gasteiger partial charge in [0.25, 0.3) is 0 Å². The fourth-order valence-electron chi connectivity index (χ4n) is 4.71. The molecule has 1 fully saturated rings. The van der Waals surface area contributed by atoms with Gasteiger partial charge in [-0.3, -0.25) is 9.59 Å². The minimum atomic E-state index is -3.55. The number of nitrogens with one attached hydrogen (secondary N) is 2. The first kappa shape index (κ1) is 32.7. The maximum absolute atomic E-state index is 13.9. The Kier molecular flexibility index (Phi) is 12.2. The molecule has 10 heteroatoms. The van der Waals surface area contributed by atoms with E-state index in [-0.39, 0.29) is 35.7 Å². The van der Waals surface area contributed by atoms with Gasteiger partial charge in [-0.2, -0.15) is 0 Å². The van der Waals surface area contributed by atoms with Gasteiger partial charge < -0.3 is 15.0 Å². The van der Waals surface area contributed by atoms with Crippen LogP contribution in [0, 0.1) is 0 Å². The van der Waals surface area contributed by atoms with Crippen LogP contribution in [0.1, 0.15) is 49.3 Å². The van der Waals surface area contributed by atoms with Crippen LogP contribution in [0.4, 0.5) is 0 Å². The molecule has 0 heterocycles. The zero-order chi connectivity index (χ0) is 30.7.